The standard InChI is InChI=1S/C14H10Cl2N2O3/c15-10-5-4-9(13(16)7-10)6-14(19)17-11-2-1-3-12(8-11)18(20)21/h1-5,7-8H,6H2,(H,17,19). The number of amides is 1. The minimum absolute atomic E-state index is 0.0543. The molecular weight excluding hydrogens is 315 g/mol. The second-order valence-corrected chi connectivity index (χ2v) is 5.11. The normalized spacial score (nSPS) is 10.2. The maximum absolute atomic E-state index is 11.9. The minimum Gasteiger partial charge on any atom is -0.326 e. The van der Waals surface area contributed by atoms with Gasteiger partial charge in [0.05, 0.1) is 11.3 Å². The molecule has 5 nitrogen and oxygen atoms in total. The van der Waals surface area contributed by atoms with Gasteiger partial charge in [-0.1, -0.05) is 35.3 Å². The first kappa shape index (κ1) is 15.3. The van der Waals surface area contributed by atoms with Crippen LogP contribution in [0.5, 0.6) is 0 Å². The summed E-state index contributed by atoms with van der Waals surface area (Å²) in [6.07, 6.45) is 0.0543. The Hall–Kier alpha value is -2.11. The number of nitro benzene ring substituents is 1. The molecular formula is C14H10Cl2N2O3. The molecule has 2 aromatic rings. The van der Waals surface area contributed by atoms with Gasteiger partial charge in [-0.05, 0) is 23.8 Å². The van der Waals surface area contributed by atoms with Crippen molar-refractivity contribution in [2.24, 2.45) is 0 Å². The van der Waals surface area contributed by atoms with Crippen molar-refractivity contribution in [3.05, 3.63) is 68.2 Å². The zero-order valence-electron chi connectivity index (χ0n) is 10.7. The van der Waals surface area contributed by atoms with Gasteiger partial charge in [-0.25, -0.2) is 0 Å². The lowest BCUT2D eigenvalue weighted by atomic mass is 10.1. The molecule has 108 valence electrons. The fraction of sp³-hybridized carbons (Fsp3) is 0.0714. The summed E-state index contributed by atoms with van der Waals surface area (Å²) in [6.45, 7) is 0. The summed E-state index contributed by atoms with van der Waals surface area (Å²) in [5.41, 5.74) is 0.903. The number of nitro groups is 1. The van der Waals surface area contributed by atoms with E-state index in [-0.39, 0.29) is 18.0 Å². The topological polar surface area (TPSA) is 72.2 Å². The molecule has 0 aromatic heterocycles. The Labute approximate surface area is 130 Å². The van der Waals surface area contributed by atoms with E-state index in [1.807, 2.05) is 0 Å². The third kappa shape index (κ3) is 4.18. The fourth-order valence-electron chi connectivity index (χ4n) is 1.74. The molecule has 0 saturated heterocycles. The minimum atomic E-state index is -0.522. The Morgan fingerprint density at radius 1 is 1.19 bits per heavy atom. The van der Waals surface area contributed by atoms with Crippen molar-refractivity contribution in [3.8, 4) is 0 Å². The molecule has 0 fully saturated rings. The van der Waals surface area contributed by atoms with Crippen LogP contribution in [0.15, 0.2) is 42.5 Å². The maximum atomic E-state index is 11.9. The molecule has 7 heteroatoms. The lowest BCUT2D eigenvalue weighted by Crippen LogP contribution is -2.14. The SMILES string of the molecule is O=C(Cc1ccc(Cl)cc1Cl)Nc1cccc([N+](=O)[O-])c1. The number of rotatable bonds is 4. The van der Waals surface area contributed by atoms with E-state index < -0.39 is 4.92 Å². The van der Waals surface area contributed by atoms with Crippen molar-refractivity contribution in [1.82, 2.24) is 0 Å². The Balaban J connectivity index is 2.08. The van der Waals surface area contributed by atoms with Crippen LogP contribution in [-0.2, 0) is 11.2 Å². The fourth-order valence-corrected chi connectivity index (χ4v) is 2.22. The number of carbonyl (C=O) groups excluding carboxylic acids is 1. The van der Waals surface area contributed by atoms with E-state index >= 15 is 0 Å². The number of carbonyl (C=O) groups is 1. The van der Waals surface area contributed by atoms with Crippen LogP contribution in [0.25, 0.3) is 0 Å². The second kappa shape index (κ2) is 6.56. The number of anilines is 1. The molecule has 0 radical (unpaired) electrons. The Morgan fingerprint density at radius 3 is 2.62 bits per heavy atom. The summed E-state index contributed by atoms with van der Waals surface area (Å²) in [5, 5.41) is 14.2. The first-order chi connectivity index (χ1) is 9.95. The van der Waals surface area contributed by atoms with Gasteiger partial charge in [-0.3, -0.25) is 14.9 Å². The zero-order chi connectivity index (χ0) is 15.4. The number of benzene rings is 2. The number of non-ortho nitro benzene ring substituents is 1. The molecule has 0 spiro atoms. The number of nitrogens with zero attached hydrogens (tertiary/aromatic N) is 1. The van der Waals surface area contributed by atoms with Gasteiger partial charge in [0.15, 0.2) is 0 Å². The van der Waals surface area contributed by atoms with Crippen molar-refractivity contribution in [2.45, 2.75) is 6.42 Å². The van der Waals surface area contributed by atoms with Crippen LogP contribution in [0.4, 0.5) is 11.4 Å². The second-order valence-electron chi connectivity index (χ2n) is 4.27. The third-order valence-electron chi connectivity index (χ3n) is 2.71. The molecule has 0 bridgehead atoms. The smallest absolute Gasteiger partial charge is 0.271 e. The van der Waals surface area contributed by atoms with E-state index in [0.29, 0.717) is 21.3 Å². The molecule has 1 amide bonds. The van der Waals surface area contributed by atoms with E-state index in [1.54, 1.807) is 24.3 Å². The van der Waals surface area contributed by atoms with Gasteiger partial charge < -0.3 is 5.32 Å². The third-order valence-corrected chi connectivity index (χ3v) is 3.29. The largest absolute Gasteiger partial charge is 0.326 e. The van der Waals surface area contributed by atoms with Crippen LogP contribution >= 0.6 is 23.2 Å². The van der Waals surface area contributed by atoms with Crippen LogP contribution in [0.2, 0.25) is 10.0 Å². The Kier molecular flexibility index (Phi) is 4.77. The van der Waals surface area contributed by atoms with Crippen LogP contribution in [0.1, 0.15) is 5.56 Å². The van der Waals surface area contributed by atoms with Gasteiger partial charge in [0.2, 0.25) is 5.91 Å². The van der Waals surface area contributed by atoms with E-state index in [0.717, 1.165) is 0 Å². The van der Waals surface area contributed by atoms with Gasteiger partial charge in [0, 0.05) is 27.9 Å². The van der Waals surface area contributed by atoms with Crippen LogP contribution in [0, 0.1) is 10.1 Å². The number of halogens is 2. The molecule has 0 saturated carbocycles. The monoisotopic (exact) mass is 324 g/mol. The van der Waals surface area contributed by atoms with Crippen LogP contribution < -0.4 is 5.32 Å². The summed E-state index contributed by atoms with van der Waals surface area (Å²) in [4.78, 5) is 22.1. The molecule has 2 aromatic carbocycles. The maximum Gasteiger partial charge on any atom is 0.271 e. The molecule has 0 aliphatic rings. The predicted octanol–water partition coefficient (Wildman–Crippen LogP) is 4.08. The Morgan fingerprint density at radius 2 is 1.95 bits per heavy atom. The lowest BCUT2D eigenvalue weighted by molar-refractivity contribution is -0.384. The van der Waals surface area contributed by atoms with Gasteiger partial charge in [-0.2, -0.15) is 0 Å². The summed E-state index contributed by atoms with van der Waals surface area (Å²) < 4.78 is 0. The van der Waals surface area contributed by atoms with Crippen molar-refractivity contribution in [1.29, 1.82) is 0 Å². The zero-order valence-corrected chi connectivity index (χ0v) is 12.2. The summed E-state index contributed by atoms with van der Waals surface area (Å²) >= 11 is 11.8. The molecule has 0 aliphatic carbocycles. The Bertz CT molecular complexity index is 704. The van der Waals surface area contributed by atoms with Gasteiger partial charge in [0.1, 0.15) is 0 Å². The molecule has 0 heterocycles. The van der Waals surface area contributed by atoms with Crippen molar-refractivity contribution in [2.75, 3.05) is 5.32 Å². The van der Waals surface area contributed by atoms with Gasteiger partial charge in [-0.15, -0.1) is 0 Å². The van der Waals surface area contributed by atoms with E-state index in [4.69, 9.17) is 23.2 Å². The van der Waals surface area contributed by atoms with Crippen molar-refractivity contribution < 1.29 is 9.72 Å². The van der Waals surface area contributed by atoms with Gasteiger partial charge in [0.25, 0.3) is 5.69 Å². The number of hydrogen-bond donors (Lipinski definition) is 1. The average Bonchev–Trinajstić information content (AvgIpc) is 2.42. The molecule has 0 unspecified atom stereocenters. The van der Waals surface area contributed by atoms with Crippen LogP contribution in [-0.4, -0.2) is 10.8 Å². The van der Waals surface area contributed by atoms with E-state index in [9.17, 15) is 14.9 Å². The highest BCUT2D eigenvalue weighted by atomic mass is 35.5. The molecule has 0 aliphatic heterocycles. The van der Waals surface area contributed by atoms with Crippen molar-refractivity contribution in [3.63, 3.8) is 0 Å². The number of nitrogens with one attached hydrogen (secondary N) is 1. The summed E-state index contributed by atoms with van der Waals surface area (Å²) in [6, 6.07) is 10.6. The molecule has 1 N–H and O–H groups in total. The highest BCUT2D eigenvalue weighted by Gasteiger charge is 2.10. The summed E-state index contributed by atoms with van der Waals surface area (Å²) in [7, 11) is 0. The molecule has 0 atom stereocenters. The lowest BCUT2D eigenvalue weighted by Gasteiger charge is -2.07. The molecule has 2 rings (SSSR count). The van der Waals surface area contributed by atoms with Crippen molar-refractivity contribution >= 4 is 40.5 Å². The quantitative estimate of drug-likeness (QED) is 0.680. The molecule has 21 heavy (non-hydrogen) atoms. The van der Waals surface area contributed by atoms with E-state index in [1.165, 1.54) is 18.2 Å². The highest BCUT2D eigenvalue weighted by Crippen LogP contribution is 2.22. The average molecular weight is 325 g/mol. The van der Waals surface area contributed by atoms with Gasteiger partial charge >= 0.3 is 0 Å². The highest BCUT2D eigenvalue weighted by molar-refractivity contribution is 6.35. The first-order valence-corrected chi connectivity index (χ1v) is 6.69. The number of hydrogen-bond acceptors (Lipinski definition) is 3. The first-order valence-electron chi connectivity index (χ1n) is 5.94. The predicted molar refractivity (Wildman–Crippen MR) is 81.9 cm³/mol. The summed E-state index contributed by atoms with van der Waals surface area (Å²) in [5.74, 6) is -0.320. The van der Waals surface area contributed by atoms with E-state index in [2.05, 4.69) is 5.32 Å². The van der Waals surface area contributed by atoms with Crippen LogP contribution in [0.3, 0.4) is 0 Å².